The molecule has 88 valence electrons. The third-order valence-corrected chi connectivity index (χ3v) is 2.87. The van der Waals surface area contributed by atoms with E-state index in [1.807, 2.05) is 7.05 Å². The van der Waals surface area contributed by atoms with Crippen LogP contribution >= 0.6 is 0 Å². The first kappa shape index (κ1) is 12.5. The zero-order valence-corrected chi connectivity index (χ0v) is 10.0. The minimum absolute atomic E-state index is 0.171. The summed E-state index contributed by atoms with van der Waals surface area (Å²) in [5.41, 5.74) is 0. The molecule has 0 bridgehead atoms. The van der Waals surface area contributed by atoms with Gasteiger partial charge in [0, 0.05) is 12.6 Å². The van der Waals surface area contributed by atoms with E-state index in [0.717, 1.165) is 26.1 Å². The molecule has 4 heteroatoms. The number of amides is 1. The van der Waals surface area contributed by atoms with Gasteiger partial charge in [-0.15, -0.1) is 0 Å². The van der Waals surface area contributed by atoms with Gasteiger partial charge in [0.2, 0.25) is 5.91 Å². The lowest BCUT2D eigenvalue weighted by Gasteiger charge is -2.35. The van der Waals surface area contributed by atoms with Crippen LogP contribution in [0.3, 0.4) is 0 Å². The van der Waals surface area contributed by atoms with E-state index in [4.69, 9.17) is 0 Å². The molecule has 0 saturated carbocycles. The predicted molar refractivity (Wildman–Crippen MR) is 61.8 cm³/mol. The van der Waals surface area contributed by atoms with Crippen LogP contribution in [0.15, 0.2) is 0 Å². The van der Waals surface area contributed by atoms with Gasteiger partial charge < -0.3 is 10.6 Å². The van der Waals surface area contributed by atoms with Crippen molar-refractivity contribution >= 4 is 5.91 Å². The van der Waals surface area contributed by atoms with Gasteiger partial charge >= 0.3 is 0 Å². The van der Waals surface area contributed by atoms with Gasteiger partial charge in [0.25, 0.3) is 0 Å². The van der Waals surface area contributed by atoms with Gasteiger partial charge in [-0.25, -0.2) is 0 Å². The molecule has 1 atom stereocenters. The molecule has 0 aliphatic carbocycles. The van der Waals surface area contributed by atoms with Gasteiger partial charge in [0.1, 0.15) is 0 Å². The highest BCUT2D eigenvalue weighted by molar-refractivity contribution is 5.79. The van der Waals surface area contributed by atoms with Crippen LogP contribution in [0.5, 0.6) is 0 Å². The van der Waals surface area contributed by atoms with Gasteiger partial charge in [-0.2, -0.15) is 0 Å². The molecular weight excluding hydrogens is 190 g/mol. The summed E-state index contributed by atoms with van der Waals surface area (Å²) in [4.78, 5) is 13.7. The number of hydrogen-bond donors (Lipinski definition) is 2. The van der Waals surface area contributed by atoms with Crippen molar-refractivity contribution in [2.45, 2.75) is 26.3 Å². The van der Waals surface area contributed by atoms with E-state index in [-0.39, 0.29) is 5.91 Å². The normalized spacial score (nSPS) is 23.2. The fourth-order valence-corrected chi connectivity index (χ4v) is 1.87. The highest BCUT2D eigenvalue weighted by Crippen LogP contribution is 2.08. The first-order valence-corrected chi connectivity index (χ1v) is 5.79. The zero-order valence-electron chi connectivity index (χ0n) is 10.0. The molecular formula is C11H23N3O. The smallest absolute Gasteiger partial charge is 0.234 e. The summed E-state index contributed by atoms with van der Waals surface area (Å²) in [6.07, 6.45) is 1.11. The highest BCUT2D eigenvalue weighted by atomic mass is 16.2. The Hall–Kier alpha value is -0.610. The average molecular weight is 213 g/mol. The van der Waals surface area contributed by atoms with Crippen molar-refractivity contribution in [3.63, 3.8) is 0 Å². The van der Waals surface area contributed by atoms with Gasteiger partial charge in [-0.1, -0.05) is 13.8 Å². The largest absolute Gasteiger partial charge is 0.351 e. The van der Waals surface area contributed by atoms with Crippen LogP contribution in [-0.2, 0) is 4.79 Å². The Morgan fingerprint density at radius 3 is 2.93 bits per heavy atom. The van der Waals surface area contributed by atoms with Crippen LogP contribution in [0.25, 0.3) is 0 Å². The molecule has 0 radical (unpaired) electrons. The summed E-state index contributed by atoms with van der Waals surface area (Å²) in [7, 11) is 1.96. The van der Waals surface area contributed by atoms with Gasteiger partial charge in [-0.05, 0) is 32.5 Å². The molecule has 0 spiro atoms. The molecule has 1 saturated heterocycles. The minimum atomic E-state index is 0.171. The SMILES string of the molecule is CNCCCN1CC(=O)NC(C(C)C)C1. The highest BCUT2D eigenvalue weighted by Gasteiger charge is 2.25. The standard InChI is InChI=1S/C11H23N3O/c1-9(2)10-7-14(6-4-5-12-3)8-11(15)13-10/h9-10,12H,4-8H2,1-3H3,(H,13,15). The number of hydrogen-bond acceptors (Lipinski definition) is 3. The zero-order chi connectivity index (χ0) is 11.3. The molecule has 1 aliphatic rings. The van der Waals surface area contributed by atoms with Crippen LogP contribution < -0.4 is 10.6 Å². The van der Waals surface area contributed by atoms with Gasteiger partial charge in [0.05, 0.1) is 6.54 Å². The third kappa shape index (κ3) is 4.18. The van der Waals surface area contributed by atoms with Gasteiger partial charge in [0.15, 0.2) is 0 Å². The molecule has 15 heavy (non-hydrogen) atoms. The van der Waals surface area contributed by atoms with Crippen LogP contribution in [0.2, 0.25) is 0 Å². The Balaban J connectivity index is 2.34. The Bertz CT molecular complexity index is 206. The molecule has 1 fully saturated rings. The second-order valence-electron chi connectivity index (χ2n) is 4.61. The Kier molecular flexibility index (Phi) is 5.05. The molecule has 1 unspecified atom stereocenters. The second kappa shape index (κ2) is 6.08. The number of carbonyl (C=O) groups is 1. The maximum Gasteiger partial charge on any atom is 0.234 e. The van der Waals surface area contributed by atoms with E-state index in [2.05, 4.69) is 29.4 Å². The van der Waals surface area contributed by atoms with E-state index in [9.17, 15) is 4.79 Å². The minimum Gasteiger partial charge on any atom is -0.351 e. The van der Waals surface area contributed by atoms with Crippen molar-refractivity contribution < 1.29 is 4.79 Å². The molecule has 2 N–H and O–H groups in total. The van der Waals surface area contributed by atoms with Crippen LogP contribution in [-0.4, -0.2) is 50.1 Å². The topological polar surface area (TPSA) is 44.4 Å². The van der Waals surface area contributed by atoms with E-state index in [1.165, 1.54) is 0 Å². The molecule has 1 aliphatic heterocycles. The maximum atomic E-state index is 11.5. The molecule has 0 aromatic rings. The summed E-state index contributed by atoms with van der Waals surface area (Å²) >= 11 is 0. The molecule has 1 rings (SSSR count). The number of carbonyl (C=O) groups excluding carboxylic acids is 1. The first-order chi connectivity index (χ1) is 7.13. The van der Waals surface area contributed by atoms with Crippen LogP contribution in [0.1, 0.15) is 20.3 Å². The lowest BCUT2D eigenvalue weighted by molar-refractivity contribution is -0.126. The summed E-state index contributed by atoms with van der Waals surface area (Å²) in [6, 6.07) is 0.320. The monoisotopic (exact) mass is 213 g/mol. The van der Waals surface area contributed by atoms with Crippen molar-refractivity contribution in [1.29, 1.82) is 0 Å². The third-order valence-electron chi connectivity index (χ3n) is 2.87. The van der Waals surface area contributed by atoms with E-state index < -0.39 is 0 Å². The van der Waals surface area contributed by atoms with Crippen LogP contribution in [0.4, 0.5) is 0 Å². The molecule has 0 aromatic carbocycles. The van der Waals surface area contributed by atoms with Crippen molar-refractivity contribution in [2.24, 2.45) is 5.92 Å². The van der Waals surface area contributed by atoms with E-state index in [1.54, 1.807) is 0 Å². The average Bonchev–Trinajstić information content (AvgIpc) is 2.17. The predicted octanol–water partition coefficient (Wildman–Crippen LogP) is 0.0523. The maximum absolute atomic E-state index is 11.5. The lowest BCUT2D eigenvalue weighted by Crippen LogP contribution is -2.56. The Morgan fingerprint density at radius 2 is 2.33 bits per heavy atom. The molecule has 1 heterocycles. The quantitative estimate of drug-likeness (QED) is 0.634. The fourth-order valence-electron chi connectivity index (χ4n) is 1.87. The van der Waals surface area contributed by atoms with Crippen molar-refractivity contribution in [2.75, 3.05) is 33.2 Å². The summed E-state index contributed by atoms with van der Waals surface area (Å²) in [5, 5.41) is 6.17. The second-order valence-corrected chi connectivity index (χ2v) is 4.61. The number of rotatable bonds is 5. The Labute approximate surface area is 92.4 Å². The summed E-state index contributed by atoms with van der Waals surface area (Å²) in [6.45, 7) is 7.89. The summed E-state index contributed by atoms with van der Waals surface area (Å²) in [5.74, 6) is 0.686. The first-order valence-electron chi connectivity index (χ1n) is 5.79. The molecule has 1 amide bonds. The van der Waals surface area contributed by atoms with Crippen LogP contribution in [0, 0.1) is 5.92 Å². The van der Waals surface area contributed by atoms with Crippen molar-refractivity contribution in [1.82, 2.24) is 15.5 Å². The number of piperazine rings is 1. The lowest BCUT2D eigenvalue weighted by atomic mass is 10.0. The van der Waals surface area contributed by atoms with Crippen molar-refractivity contribution in [3.05, 3.63) is 0 Å². The van der Waals surface area contributed by atoms with E-state index in [0.29, 0.717) is 18.5 Å². The number of nitrogens with zero attached hydrogens (tertiary/aromatic N) is 1. The number of nitrogens with one attached hydrogen (secondary N) is 2. The molecule has 0 aromatic heterocycles. The van der Waals surface area contributed by atoms with Crippen molar-refractivity contribution in [3.8, 4) is 0 Å². The van der Waals surface area contributed by atoms with Gasteiger partial charge in [-0.3, -0.25) is 9.69 Å². The fraction of sp³-hybridized carbons (Fsp3) is 0.909. The molecule has 4 nitrogen and oxygen atoms in total. The van der Waals surface area contributed by atoms with E-state index >= 15 is 0 Å². The Morgan fingerprint density at radius 1 is 1.60 bits per heavy atom. The summed E-state index contributed by atoms with van der Waals surface area (Å²) < 4.78 is 0.